The molecule has 5 heteroatoms. The third-order valence-corrected chi connectivity index (χ3v) is 3.55. The lowest BCUT2D eigenvalue weighted by Crippen LogP contribution is -2.25. The highest BCUT2D eigenvalue weighted by atomic mass is 15.3. The Morgan fingerprint density at radius 1 is 1.24 bits per heavy atom. The van der Waals surface area contributed by atoms with Gasteiger partial charge in [-0.05, 0) is 31.4 Å². The van der Waals surface area contributed by atoms with Gasteiger partial charge in [-0.15, -0.1) is 0 Å². The fraction of sp³-hybridized carbons (Fsp3) is 0.562. The Labute approximate surface area is 126 Å². The van der Waals surface area contributed by atoms with Gasteiger partial charge in [0.05, 0.1) is 5.69 Å². The van der Waals surface area contributed by atoms with Crippen LogP contribution in [0.2, 0.25) is 0 Å². The van der Waals surface area contributed by atoms with E-state index < -0.39 is 0 Å². The minimum atomic E-state index is 0.511. The highest BCUT2D eigenvalue weighted by Crippen LogP contribution is 2.19. The zero-order valence-corrected chi connectivity index (χ0v) is 13.4. The van der Waals surface area contributed by atoms with E-state index >= 15 is 0 Å². The van der Waals surface area contributed by atoms with Gasteiger partial charge in [-0.3, -0.25) is 0 Å². The first-order chi connectivity index (χ1) is 10.2. The van der Waals surface area contributed by atoms with Crippen LogP contribution in [0, 0.1) is 0 Å². The summed E-state index contributed by atoms with van der Waals surface area (Å²) in [5.41, 5.74) is 3.80. The van der Waals surface area contributed by atoms with Crippen molar-refractivity contribution in [3.05, 3.63) is 35.5 Å². The van der Waals surface area contributed by atoms with Crippen LogP contribution in [0.25, 0.3) is 5.82 Å². The fourth-order valence-electron chi connectivity index (χ4n) is 2.56. The SMILES string of the molecule is CCc1nn(-c2ccncn2)c(CC)c1CCNC(C)C. The molecular weight excluding hydrogens is 262 g/mol. The maximum Gasteiger partial charge on any atom is 0.156 e. The van der Waals surface area contributed by atoms with Gasteiger partial charge in [0.25, 0.3) is 0 Å². The molecule has 5 nitrogen and oxygen atoms in total. The minimum Gasteiger partial charge on any atom is -0.314 e. The molecule has 0 aromatic carbocycles. The summed E-state index contributed by atoms with van der Waals surface area (Å²) < 4.78 is 1.98. The normalized spacial score (nSPS) is 11.3. The van der Waals surface area contributed by atoms with E-state index in [2.05, 4.69) is 43.0 Å². The molecular formula is C16H25N5. The van der Waals surface area contributed by atoms with Crippen LogP contribution in [0.15, 0.2) is 18.6 Å². The largest absolute Gasteiger partial charge is 0.314 e. The topological polar surface area (TPSA) is 55.6 Å². The van der Waals surface area contributed by atoms with Crippen molar-refractivity contribution in [1.82, 2.24) is 25.1 Å². The van der Waals surface area contributed by atoms with Crippen molar-refractivity contribution < 1.29 is 0 Å². The van der Waals surface area contributed by atoms with E-state index in [-0.39, 0.29) is 0 Å². The van der Waals surface area contributed by atoms with Crippen LogP contribution in [-0.4, -0.2) is 32.3 Å². The Kier molecular flexibility index (Phi) is 5.44. The van der Waals surface area contributed by atoms with Crippen LogP contribution >= 0.6 is 0 Å². The summed E-state index contributed by atoms with van der Waals surface area (Å²) >= 11 is 0. The van der Waals surface area contributed by atoms with Gasteiger partial charge >= 0.3 is 0 Å². The molecule has 0 aliphatic rings. The Hall–Kier alpha value is -1.75. The third-order valence-electron chi connectivity index (χ3n) is 3.55. The fourth-order valence-corrected chi connectivity index (χ4v) is 2.56. The highest BCUT2D eigenvalue weighted by molar-refractivity contribution is 5.33. The molecule has 0 bridgehead atoms. The van der Waals surface area contributed by atoms with E-state index in [1.807, 2.05) is 10.7 Å². The van der Waals surface area contributed by atoms with Gasteiger partial charge in [0.2, 0.25) is 0 Å². The lowest BCUT2D eigenvalue weighted by atomic mass is 10.1. The van der Waals surface area contributed by atoms with E-state index in [0.717, 1.165) is 31.6 Å². The second-order valence-corrected chi connectivity index (χ2v) is 5.42. The Balaban J connectivity index is 2.33. The van der Waals surface area contributed by atoms with Crippen molar-refractivity contribution >= 4 is 0 Å². The number of hydrogen-bond acceptors (Lipinski definition) is 4. The van der Waals surface area contributed by atoms with Gasteiger partial charge in [-0.1, -0.05) is 27.7 Å². The van der Waals surface area contributed by atoms with Gasteiger partial charge in [-0.2, -0.15) is 5.10 Å². The minimum absolute atomic E-state index is 0.511. The van der Waals surface area contributed by atoms with Crippen molar-refractivity contribution in [2.45, 2.75) is 53.0 Å². The lowest BCUT2D eigenvalue weighted by molar-refractivity contribution is 0.588. The summed E-state index contributed by atoms with van der Waals surface area (Å²) in [4.78, 5) is 8.31. The quantitative estimate of drug-likeness (QED) is 0.849. The van der Waals surface area contributed by atoms with Crippen LogP contribution in [-0.2, 0) is 19.3 Å². The Morgan fingerprint density at radius 2 is 2.05 bits per heavy atom. The van der Waals surface area contributed by atoms with Crippen molar-refractivity contribution in [2.75, 3.05) is 6.54 Å². The summed E-state index contributed by atoms with van der Waals surface area (Å²) in [5, 5.41) is 8.25. The molecule has 1 N–H and O–H groups in total. The molecule has 2 aromatic rings. The van der Waals surface area contributed by atoms with Gasteiger partial charge in [0.1, 0.15) is 6.33 Å². The van der Waals surface area contributed by atoms with Crippen molar-refractivity contribution in [3.63, 3.8) is 0 Å². The summed E-state index contributed by atoms with van der Waals surface area (Å²) in [6.45, 7) is 9.66. The smallest absolute Gasteiger partial charge is 0.156 e. The first-order valence-corrected chi connectivity index (χ1v) is 7.76. The van der Waals surface area contributed by atoms with E-state index in [0.29, 0.717) is 6.04 Å². The molecule has 0 atom stereocenters. The average molecular weight is 287 g/mol. The van der Waals surface area contributed by atoms with Gasteiger partial charge in [0.15, 0.2) is 5.82 Å². The summed E-state index contributed by atoms with van der Waals surface area (Å²) in [6.07, 6.45) is 6.24. The molecule has 0 fully saturated rings. The van der Waals surface area contributed by atoms with Gasteiger partial charge in [0, 0.05) is 24.0 Å². The van der Waals surface area contributed by atoms with E-state index in [1.54, 1.807) is 12.5 Å². The van der Waals surface area contributed by atoms with Crippen molar-refractivity contribution in [1.29, 1.82) is 0 Å². The first-order valence-electron chi connectivity index (χ1n) is 7.76. The molecule has 0 aliphatic heterocycles. The van der Waals surface area contributed by atoms with Gasteiger partial charge < -0.3 is 5.32 Å². The Bertz CT molecular complexity index is 560. The average Bonchev–Trinajstić information content (AvgIpc) is 2.85. The molecule has 0 radical (unpaired) electrons. The van der Waals surface area contributed by atoms with E-state index in [9.17, 15) is 0 Å². The van der Waals surface area contributed by atoms with Crippen LogP contribution < -0.4 is 5.32 Å². The Morgan fingerprint density at radius 3 is 2.62 bits per heavy atom. The zero-order valence-electron chi connectivity index (χ0n) is 13.4. The number of nitrogens with one attached hydrogen (secondary N) is 1. The van der Waals surface area contributed by atoms with Crippen molar-refractivity contribution in [3.8, 4) is 5.82 Å². The lowest BCUT2D eigenvalue weighted by Gasteiger charge is -2.10. The predicted molar refractivity (Wildman–Crippen MR) is 84.8 cm³/mol. The molecule has 0 spiro atoms. The molecule has 0 amide bonds. The molecule has 2 rings (SSSR count). The number of nitrogens with zero attached hydrogens (tertiary/aromatic N) is 4. The van der Waals surface area contributed by atoms with Crippen LogP contribution in [0.5, 0.6) is 0 Å². The van der Waals surface area contributed by atoms with Crippen LogP contribution in [0.1, 0.15) is 44.6 Å². The molecule has 2 aromatic heterocycles. The molecule has 2 heterocycles. The molecule has 0 saturated carbocycles. The maximum absolute atomic E-state index is 4.77. The van der Waals surface area contributed by atoms with Crippen LogP contribution in [0.3, 0.4) is 0 Å². The number of hydrogen-bond donors (Lipinski definition) is 1. The monoisotopic (exact) mass is 287 g/mol. The molecule has 0 saturated heterocycles. The summed E-state index contributed by atoms with van der Waals surface area (Å²) in [5.74, 6) is 0.847. The van der Waals surface area contributed by atoms with Gasteiger partial charge in [-0.25, -0.2) is 14.6 Å². The number of aromatic nitrogens is 4. The zero-order chi connectivity index (χ0) is 15.2. The summed E-state index contributed by atoms with van der Waals surface area (Å²) in [7, 11) is 0. The van der Waals surface area contributed by atoms with Crippen molar-refractivity contribution in [2.24, 2.45) is 0 Å². The van der Waals surface area contributed by atoms with E-state index in [1.165, 1.54) is 17.0 Å². The second-order valence-electron chi connectivity index (χ2n) is 5.42. The molecule has 21 heavy (non-hydrogen) atoms. The van der Waals surface area contributed by atoms with Crippen LogP contribution in [0.4, 0.5) is 0 Å². The number of rotatable bonds is 7. The standard InChI is InChI=1S/C16H25N5/c1-5-14-13(7-10-18-12(3)4)15(6-2)21(20-14)16-8-9-17-11-19-16/h8-9,11-12,18H,5-7,10H2,1-4H3. The summed E-state index contributed by atoms with van der Waals surface area (Å²) in [6, 6.07) is 2.42. The third kappa shape index (κ3) is 3.67. The second kappa shape index (κ2) is 7.31. The molecule has 0 unspecified atom stereocenters. The number of aryl methyl sites for hydroxylation is 1. The maximum atomic E-state index is 4.77. The molecule has 114 valence electrons. The van der Waals surface area contributed by atoms with E-state index in [4.69, 9.17) is 5.10 Å². The highest BCUT2D eigenvalue weighted by Gasteiger charge is 2.16. The predicted octanol–water partition coefficient (Wildman–Crippen LogP) is 2.33. The first kappa shape index (κ1) is 15.6. The molecule has 0 aliphatic carbocycles.